The predicted octanol–water partition coefficient (Wildman–Crippen LogP) is 5.67. The van der Waals surface area contributed by atoms with Gasteiger partial charge in [-0.15, -0.1) is 0 Å². The van der Waals surface area contributed by atoms with Crippen LogP contribution in [0.25, 0.3) is 28.0 Å². The van der Waals surface area contributed by atoms with E-state index in [1.54, 1.807) is 18.3 Å². The average Bonchev–Trinajstić information content (AvgIpc) is 2.85. The molecule has 1 fully saturated rings. The fraction of sp³-hybridized carbons (Fsp3) is 0.214. The summed E-state index contributed by atoms with van der Waals surface area (Å²) in [6, 6.07) is 12.6. The molecule has 0 aliphatic carbocycles. The molecule has 3 aromatic rings. The van der Waals surface area contributed by atoms with E-state index in [-0.39, 0.29) is 5.82 Å². The minimum absolute atomic E-state index is 0.282. The standard InChI is InChI=1S/C28H29FN4/c1-4-22(10-9-21(2)33-15-13-32(3)14-16-33)24-17-25(20-30-19-24)23-11-12-31-28(18-23)26-7-5-6-8-27(26)29/h4-12,17-20H,2,13-16H2,1,3H3/b10-9-,22-4+. The van der Waals surface area contributed by atoms with Gasteiger partial charge in [-0.25, -0.2) is 4.39 Å². The minimum Gasteiger partial charge on any atom is -0.369 e. The molecule has 1 aliphatic rings. The molecule has 0 radical (unpaired) electrons. The number of hydrogen-bond donors (Lipinski definition) is 0. The zero-order valence-electron chi connectivity index (χ0n) is 19.2. The number of hydrogen-bond acceptors (Lipinski definition) is 4. The van der Waals surface area contributed by atoms with Crippen LogP contribution in [0.2, 0.25) is 0 Å². The van der Waals surface area contributed by atoms with E-state index in [0.29, 0.717) is 11.3 Å². The van der Waals surface area contributed by atoms with E-state index in [9.17, 15) is 4.39 Å². The molecule has 0 unspecified atom stereocenters. The number of nitrogens with zero attached hydrogens (tertiary/aromatic N) is 4. The fourth-order valence-electron chi connectivity index (χ4n) is 3.93. The molecule has 0 saturated carbocycles. The van der Waals surface area contributed by atoms with Crippen molar-refractivity contribution >= 4 is 5.57 Å². The number of aromatic nitrogens is 2. The Hall–Kier alpha value is -3.57. The third-order valence-corrected chi connectivity index (χ3v) is 5.99. The minimum atomic E-state index is -0.282. The van der Waals surface area contributed by atoms with Crippen molar-refractivity contribution in [2.45, 2.75) is 6.92 Å². The Kier molecular flexibility index (Phi) is 7.10. The Labute approximate surface area is 195 Å². The van der Waals surface area contributed by atoms with Crippen molar-refractivity contribution in [2.75, 3.05) is 33.2 Å². The summed E-state index contributed by atoms with van der Waals surface area (Å²) in [7, 11) is 2.15. The Morgan fingerprint density at radius 2 is 1.79 bits per heavy atom. The summed E-state index contributed by atoms with van der Waals surface area (Å²) in [5.41, 5.74) is 6.10. The normalized spacial score (nSPS) is 15.2. The maximum atomic E-state index is 14.2. The molecule has 3 heterocycles. The Morgan fingerprint density at radius 1 is 1.00 bits per heavy atom. The van der Waals surface area contributed by atoms with E-state index >= 15 is 0 Å². The second-order valence-electron chi connectivity index (χ2n) is 8.23. The molecule has 33 heavy (non-hydrogen) atoms. The first-order valence-corrected chi connectivity index (χ1v) is 11.2. The molecule has 5 heteroatoms. The summed E-state index contributed by atoms with van der Waals surface area (Å²) in [6.07, 6.45) is 11.6. The smallest absolute Gasteiger partial charge is 0.132 e. The number of allylic oxidation sites excluding steroid dienone is 4. The second-order valence-corrected chi connectivity index (χ2v) is 8.23. The lowest BCUT2D eigenvalue weighted by Crippen LogP contribution is -2.43. The van der Waals surface area contributed by atoms with Gasteiger partial charge < -0.3 is 9.80 Å². The van der Waals surface area contributed by atoms with Crippen LogP contribution >= 0.6 is 0 Å². The zero-order chi connectivity index (χ0) is 23.2. The SMILES string of the molecule is C=C(/C=C\C(=C/C)c1cncc(-c2ccnc(-c3ccccc3F)c2)c1)N1CCN(C)CC1. The molecule has 1 aromatic carbocycles. The van der Waals surface area contributed by atoms with Crippen LogP contribution in [-0.2, 0) is 0 Å². The average molecular weight is 441 g/mol. The molecule has 0 N–H and O–H groups in total. The number of halogens is 1. The first-order chi connectivity index (χ1) is 16.0. The van der Waals surface area contributed by atoms with Crippen LogP contribution in [0.4, 0.5) is 4.39 Å². The Morgan fingerprint density at radius 3 is 2.55 bits per heavy atom. The molecule has 0 amide bonds. The highest BCUT2D eigenvalue weighted by Crippen LogP contribution is 2.28. The molecular formula is C28H29FN4. The summed E-state index contributed by atoms with van der Waals surface area (Å²) >= 11 is 0. The van der Waals surface area contributed by atoms with Crippen molar-refractivity contribution in [1.29, 1.82) is 0 Å². The van der Waals surface area contributed by atoms with E-state index in [1.165, 1.54) is 6.07 Å². The van der Waals surface area contributed by atoms with Gasteiger partial charge in [-0.05, 0) is 61.5 Å². The van der Waals surface area contributed by atoms with Crippen LogP contribution in [0.15, 0.2) is 91.6 Å². The van der Waals surface area contributed by atoms with E-state index in [2.05, 4.69) is 57.7 Å². The second kappa shape index (κ2) is 10.4. The summed E-state index contributed by atoms with van der Waals surface area (Å²) < 4.78 is 14.2. The lowest BCUT2D eigenvalue weighted by Gasteiger charge is -2.34. The highest BCUT2D eigenvalue weighted by Gasteiger charge is 2.14. The molecule has 0 spiro atoms. The van der Waals surface area contributed by atoms with Crippen molar-refractivity contribution in [1.82, 2.24) is 19.8 Å². The number of likely N-dealkylation sites (N-methyl/N-ethyl adjacent to an activating group) is 1. The van der Waals surface area contributed by atoms with Gasteiger partial charge in [0.15, 0.2) is 0 Å². The van der Waals surface area contributed by atoms with E-state index < -0.39 is 0 Å². The summed E-state index contributed by atoms with van der Waals surface area (Å²) in [5.74, 6) is -0.282. The van der Waals surface area contributed by atoms with Crippen LogP contribution < -0.4 is 0 Å². The summed E-state index contributed by atoms with van der Waals surface area (Å²) in [6.45, 7) is 10.4. The molecule has 0 bridgehead atoms. The molecular weight excluding hydrogens is 411 g/mol. The van der Waals surface area contributed by atoms with Gasteiger partial charge in [0.1, 0.15) is 5.82 Å². The van der Waals surface area contributed by atoms with Gasteiger partial charge in [0.25, 0.3) is 0 Å². The molecule has 4 rings (SSSR count). The zero-order valence-corrected chi connectivity index (χ0v) is 19.2. The van der Waals surface area contributed by atoms with Crippen molar-refractivity contribution < 1.29 is 4.39 Å². The Bertz CT molecular complexity index is 1190. The van der Waals surface area contributed by atoms with Gasteiger partial charge in [-0.3, -0.25) is 9.97 Å². The van der Waals surface area contributed by atoms with Gasteiger partial charge in [0, 0.05) is 67.2 Å². The van der Waals surface area contributed by atoms with Crippen molar-refractivity contribution in [2.24, 2.45) is 0 Å². The van der Waals surface area contributed by atoms with E-state index in [4.69, 9.17) is 0 Å². The number of rotatable bonds is 6. The quantitative estimate of drug-likeness (QED) is 0.462. The first kappa shape index (κ1) is 22.6. The lowest BCUT2D eigenvalue weighted by atomic mass is 10.0. The molecule has 4 nitrogen and oxygen atoms in total. The molecule has 1 aliphatic heterocycles. The van der Waals surface area contributed by atoms with Crippen LogP contribution in [0.5, 0.6) is 0 Å². The van der Waals surface area contributed by atoms with E-state index in [1.807, 2.05) is 37.5 Å². The largest absolute Gasteiger partial charge is 0.369 e. The third-order valence-electron chi connectivity index (χ3n) is 5.99. The topological polar surface area (TPSA) is 32.3 Å². The molecule has 2 aromatic heterocycles. The Balaban J connectivity index is 1.55. The van der Waals surface area contributed by atoms with Crippen LogP contribution in [0.3, 0.4) is 0 Å². The van der Waals surface area contributed by atoms with Gasteiger partial charge >= 0.3 is 0 Å². The predicted molar refractivity (Wildman–Crippen MR) is 134 cm³/mol. The number of pyridine rings is 2. The summed E-state index contributed by atoms with van der Waals surface area (Å²) in [5, 5.41) is 0. The van der Waals surface area contributed by atoms with Gasteiger partial charge in [-0.2, -0.15) is 0 Å². The maximum Gasteiger partial charge on any atom is 0.132 e. The van der Waals surface area contributed by atoms with Crippen LogP contribution in [0, 0.1) is 5.82 Å². The van der Waals surface area contributed by atoms with Gasteiger partial charge in [-0.1, -0.05) is 30.9 Å². The fourth-order valence-corrected chi connectivity index (χ4v) is 3.93. The maximum absolute atomic E-state index is 14.2. The van der Waals surface area contributed by atoms with E-state index in [0.717, 1.165) is 54.1 Å². The first-order valence-electron chi connectivity index (χ1n) is 11.2. The summed E-state index contributed by atoms with van der Waals surface area (Å²) in [4.78, 5) is 13.5. The number of benzene rings is 1. The number of piperazine rings is 1. The van der Waals surface area contributed by atoms with Gasteiger partial charge in [0.2, 0.25) is 0 Å². The monoisotopic (exact) mass is 440 g/mol. The third kappa shape index (κ3) is 5.44. The molecule has 1 saturated heterocycles. The lowest BCUT2D eigenvalue weighted by molar-refractivity contribution is 0.190. The highest BCUT2D eigenvalue weighted by molar-refractivity contribution is 5.78. The van der Waals surface area contributed by atoms with Crippen molar-refractivity contribution in [3.63, 3.8) is 0 Å². The van der Waals surface area contributed by atoms with Crippen molar-refractivity contribution in [3.05, 3.63) is 103 Å². The van der Waals surface area contributed by atoms with Crippen LogP contribution in [0.1, 0.15) is 12.5 Å². The molecule has 0 atom stereocenters. The van der Waals surface area contributed by atoms with Gasteiger partial charge in [0.05, 0.1) is 5.69 Å². The van der Waals surface area contributed by atoms with Crippen LogP contribution in [-0.4, -0.2) is 53.0 Å². The molecule has 168 valence electrons. The highest BCUT2D eigenvalue weighted by atomic mass is 19.1. The van der Waals surface area contributed by atoms with Crippen molar-refractivity contribution in [3.8, 4) is 22.4 Å².